The van der Waals surface area contributed by atoms with Crippen LogP contribution in [0.25, 0.3) is 0 Å². The van der Waals surface area contributed by atoms with Crippen LogP contribution in [-0.4, -0.2) is 39.1 Å². The first-order valence-corrected chi connectivity index (χ1v) is 7.81. The number of nitrogens with zero attached hydrogens (tertiary/aromatic N) is 2. The summed E-state index contributed by atoms with van der Waals surface area (Å²) in [6.07, 6.45) is 3.40. The van der Waals surface area contributed by atoms with Gasteiger partial charge in [-0.3, -0.25) is 4.79 Å². The number of nitrogens with one attached hydrogen (secondary N) is 2. The molecule has 1 fully saturated rings. The number of benzene rings is 1. The van der Waals surface area contributed by atoms with Gasteiger partial charge in [0, 0.05) is 6.42 Å². The van der Waals surface area contributed by atoms with Gasteiger partial charge in [-0.25, -0.2) is 0 Å². The standard InChI is InChI=1S/C16H18N4O3/c21-12-6-11(7-12)15(18-16(22)13-8-17-20-19-13)10-1-2-14-9(5-10)3-4-23-14/h1-2,5,8,11-12,15,21H,3-4,6-7H2,(H,18,22)(H,17,19,20). The number of H-pyrrole nitrogens is 1. The Morgan fingerprint density at radius 3 is 3.04 bits per heavy atom. The van der Waals surface area contributed by atoms with Gasteiger partial charge in [-0.1, -0.05) is 6.07 Å². The van der Waals surface area contributed by atoms with E-state index in [0.717, 1.165) is 17.7 Å². The van der Waals surface area contributed by atoms with Crippen LogP contribution >= 0.6 is 0 Å². The highest BCUT2D eigenvalue weighted by atomic mass is 16.5. The smallest absolute Gasteiger partial charge is 0.273 e. The topological polar surface area (TPSA) is 100 Å². The summed E-state index contributed by atoms with van der Waals surface area (Å²) in [5.74, 6) is 0.882. The second-order valence-corrected chi connectivity index (χ2v) is 6.16. The van der Waals surface area contributed by atoms with Crippen LogP contribution in [0, 0.1) is 5.92 Å². The summed E-state index contributed by atoms with van der Waals surface area (Å²) in [5.41, 5.74) is 2.48. The Labute approximate surface area is 133 Å². The number of ether oxygens (including phenoxy) is 1. The first-order valence-electron chi connectivity index (χ1n) is 7.81. The van der Waals surface area contributed by atoms with Gasteiger partial charge in [-0.05, 0) is 42.0 Å². The van der Waals surface area contributed by atoms with Gasteiger partial charge in [0.05, 0.1) is 24.9 Å². The molecule has 3 N–H and O–H groups in total. The molecule has 1 atom stereocenters. The molecule has 2 aromatic rings. The maximum absolute atomic E-state index is 12.3. The molecular weight excluding hydrogens is 296 g/mol. The summed E-state index contributed by atoms with van der Waals surface area (Å²) >= 11 is 0. The second kappa shape index (κ2) is 5.66. The third kappa shape index (κ3) is 2.68. The van der Waals surface area contributed by atoms with Gasteiger partial charge in [0.1, 0.15) is 5.75 Å². The fourth-order valence-corrected chi connectivity index (χ4v) is 3.30. The Kier molecular flexibility index (Phi) is 3.49. The lowest BCUT2D eigenvalue weighted by molar-refractivity contribution is 0.0234. The molecule has 1 aromatic carbocycles. The van der Waals surface area contributed by atoms with Crippen LogP contribution in [0.15, 0.2) is 24.4 Å². The van der Waals surface area contributed by atoms with Crippen molar-refractivity contribution in [1.82, 2.24) is 20.7 Å². The number of fused-ring (bicyclic) bond motifs is 1. The van der Waals surface area contributed by atoms with E-state index in [1.165, 1.54) is 11.8 Å². The summed E-state index contributed by atoms with van der Waals surface area (Å²) < 4.78 is 5.54. The van der Waals surface area contributed by atoms with E-state index >= 15 is 0 Å². The summed E-state index contributed by atoms with van der Waals surface area (Å²) in [6, 6.07) is 5.90. The van der Waals surface area contributed by atoms with Crippen LogP contribution in [0.5, 0.6) is 5.75 Å². The zero-order chi connectivity index (χ0) is 15.8. The van der Waals surface area contributed by atoms with Crippen LogP contribution in [0.2, 0.25) is 0 Å². The van der Waals surface area contributed by atoms with Gasteiger partial charge < -0.3 is 15.2 Å². The number of aliphatic hydroxyl groups excluding tert-OH is 1. The third-order valence-electron chi connectivity index (χ3n) is 4.63. The van der Waals surface area contributed by atoms with Crippen molar-refractivity contribution < 1.29 is 14.6 Å². The van der Waals surface area contributed by atoms with Crippen LogP contribution < -0.4 is 10.1 Å². The monoisotopic (exact) mass is 314 g/mol. The van der Waals surface area contributed by atoms with Gasteiger partial charge in [0.15, 0.2) is 5.69 Å². The molecule has 7 nitrogen and oxygen atoms in total. The molecule has 0 radical (unpaired) electrons. The summed E-state index contributed by atoms with van der Waals surface area (Å²) in [5, 5.41) is 22.6. The quantitative estimate of drug-likeness (QED) is 0.781. The molecule has 2 aliphatic rings. The largest absolute Gasteiger partial charge is 0.493 e. The Morgan fingerprint density at radius 2 is 2.30 bits per heavy atom. The number of aromatic nitrogens is 3. The van der Waals surface area contributed by atoms with Crippen molar-refractivity contribution in [2.75, 3.05) is 6.61 Å². The van der Waals surface area contributed by atoms with Gasteiger partial charge in [-0.2, -0.15) is 15.4 Å². The molecule has 1 aliphatic heterocycles. The molecule has 120 valence electrons. The average molecular weight is 314 g/mol. The number of carbonyl (C=O) groups excluding carboxylic acids is 1. The molecule has 2 heterocycles. The zero-order valence-electron chi connectivity index (χ0n) is 12.5. The number of aliphatic hydroxyl groups is 1. The van der Waals surface area contributed by atoms with E-state index < -0.39 is 0 Å². The fourth-order valence-electron chi connectivity index (χ4n) is 3.30. The van der Waals surface area contributed by atoms with Crippen molar-refractivity contribution in [3.63, 3.8) is 0 Å². The molecule has 0 saturated heterocycles. The number of aromatic amines is 1. The lowest BCUT2D eigenvalue weighted by atomic mass is 9.75. The Hall–Kier alpha value is -2.41. The van der Waals surface area contributed by atoms with Crippen molar-refractivity contribution in [3.05, 3.63) is 41.2 Å². The van der Waals surface area contributed by atoms with E-state index in [4.69, 9.17) is 4.74 Å². The lowest BCUT2D eigenvalue weighted by Gasteiger charge is -2.38. The molecule has 0 bridgehead atoms. The van der Waals surface area contributed by atoms with E-state index in [1.807, 2.05) is 12.1 Å². The van der Waals surface area contributed by atoms with Crippen molar-refractivity contribution in [2.24, 2.45) is 5.92 Å². The molecular formula is C16H18N4O3. The maximum Gasteiger partial charge on any atom is 0.273 e. The minimum Gasteiger partial charge on any atom is -0.493 e. The highest BCUT2D eigenvalue weighted by Crippen LogP contribution is 2.39. The van der Waals surface area contributed by atoms with E-state index in [9.17, 15) is 9.90 Å². The SMILES string of the molecule is O=C(NC(c1ccc2c(c1)CCO2)C1CC(O)C1)c1cn[nH]n1. The molecule has 4 rings (SSSR count). The normalized spacial score (nSPS) is 23.5. The predicted molar refractivity (Wildman–Crippen MR) is 81.0 cm³/mol. The molecule has 1 aromatic heterocycles. The minimum atomic E-state index is -0.274. The van der Waals surface area contributed by atoms with Crippen LogP contribution in [0.3, 0.4) is 0 Å². The number of rotatable bonds is 4. The fraction of sp³-hybridized carbons (Fsp3) is 0.438. The molecule has 7 heteroatoms. The van der Waals surface area contributed by atoms with E-state index in [1.54, 1.807) is 0 Å². The highest BCUT2D eigenvalue weighted by Gasteiger charge is 2.36. The molecule has 1 unspecified atom stereocenters. The molecule has 1 saturated carbocycles. The third-order valence-corrected chi connectivity index (χ3v) is 4.63. The lowest BCUT2D eigenvalue weighted by Crippen LogP contribution is -2.41. The number of amides is 1. The average Bonchev–Trinajstić information content (AvgIpc) is 3.19. The maximum atomic E-state index is 12.3. The second-order valence-electron chi connectivity index (χ2n) is 6.16. The van der Waals surface area contributed by atoms with Crippen molar-refractivity contribution in [1.29, 1.82) is 0 Å². The highest BCUT2D eigenvalue weighted by molar-refractivity contribution is 5.92. The zero-order valence-corrected chi connectivity index (χ0v) is 12.5. The number of hydrogen-bond donors (Lipinski definition) is 3. The molecule has 23 heavy (non-hydrogen) atoms. The van der Waals surface area contributed by atoms with Crippen molar-refractivity contribution in [3.8, 4) is 5.75 Å². The van der Waals surface area contributed by atoms with Crippen LogP contribution in [0.1, 0.15) is 40.5 Å². The van der Waals surface area contributed by atoms with Gasteiger partial charge in [-0.15, -0.1) is 0 Å². The van der Waals surface area contributed by atoms with Crippen molar-refractivity contribution in [2.45, 2.75) is 31.4 Å². The predicted octanol–water partition coefficient (Wildman–Crippen LogP) is 0.982. The number of carbonyl (C=O) groups is 1. The first kappa shape index (κ1) is 14.2. The van der Waals surface area contributed by atoms with Crippen LogP contribution in [0.4, 0.5) is 0 Å². The molecule has 1 amide bonds. The summed E-state index contributed by atoms with van der Waals surface area (Å²) in [6.45, 7) is 0.705. The molecule has 1 aliphatic carbocycles. The number of hydrogen-bond acceptors (Lipinski definition) is 5. The Bertz CT molecular complexity index is 710. The molecule has 0 spiro atoms. The first-order chi connectivity index (χ1) is 11.2. The van der Waals surface area contributed by atoms with Gasteiger partial charge in [0.2, 0.25) is 0 Å². The van der Waals surface area contributed by atoms with E-state index in [0.29, 0.717) is 19.4 Å². The minimum absolute atomic E-state index is 0.145. The van der Waals surface area contributed by atoms with Gasteiger partial charge in [0.25, 0.3) is 5.91 Å². The van der Waals surface area contributed by atoms with Crippen LogP contribution in [-0.2, 0) is 6.42 Å². The Balaban J connectivity index is 1.59. The summed E-state index contributed by atoms with van der Waals surface area (Å²) in [4.78, 5) is 12.3. The van der Waals surface area contributed by atoms with Gasteiger partial charge >= 0.3 is 0 Å². The van der Waals surface area contributed by atoms with Crippen molar-refractivity contribution >= 4 is 5.91 Å². The van der Waals surface area contributed by atoms with E-state index in [2.05, 4.69) is 26.8 Å². The van der Waals surface area contributed by atoms with E-state index in [-0.39, 0.29) is 29.7 Å². The summed E-state index contributed by atoms with van der Waals surface area (Å²) in [7, 11) is 0. The Morgan fingerprint density at radius 1 is 1.43 bits per heavy atom.